The molecule has 0 aromatic heterocycles. The molecule has 0 aliphatic rings. The fourth-order valence-corrected chi connectivity index (χ4v) is 2.44. The molecule has 0 heterocycles. The fraction of sp³-hybridized carbons (Fsp3) is 0.235. The van der Waals surface area contributed by atoms with Gasteiger partial charge < -0.3 is 14.8 Å². The number of hydrogen-bond acceptors (Lipinski definition) is 3. The molecule has 4 nitrogen and oxygen atoms in total. The lowest BCUT2D eigenvalue weighted by atomic mass is 10.1. The van der Waals surface area contributed by atoms with E-state index in [1.807, 2.05) is 13.0 Å². The van der Waals surface area contributed by atoms with E-state index in [4.69, 9.17) is 32.7 Å². The number of amides is 1. The molecule has 1 unspecified atom stereocenters. The maximum atomic E-state index is 12.5. The van der Waals surface area contributed by atoms with Crippen LogP contribution in [0, 0.1) is 0 Å². The molecule has 6 heteroatoms. The summed E-state index contributed by atoms with van der Waals surface area (Å²) in [6.45, 7) is 1.87. The highest BCUT2D eigenvalue weighted by atomic mass is 35.5. The SMILES string of the molecule is COc1ccc(OC)c(C(=O)NC(C)c2ccc(Cl)c(Cl)c2)c1. The van der Waals surface area contributed by atoms with Crippen LogP contribution in [0.5, 0.6) is 11.5 Å². The van der Waals surface area contributed by atoms with Crippen LogP contribution in [0.4, 0.5) is 0 Å². The van der Waals surface area contributed by atoms with E-state index in [0.717, 1.165) is 5.56 Å². The molecule has 2 aromatic rings. The van der Waals surface area contributed by atoms with Crippen molar-refractivity contribution in [2.75, 3.05) is 14.2 Å². The first kappa shape index (κ1) is 17.4. The van der Waals surface area contributed by atoms with Gasteiger partial charge in [0, 0.05) is 0 Å². The van der Waals surface area contributed by atoms with E-state index in [1.54, 1.807) is 37.4 Å². The van der Waals surface area contributed by atoms with Gasteiger partial charge in [0.2, 0.25) is 0 Å². The Bertz CT molecular complexity index is 719. The Kier molecular flexibility index (Phi) is 5.74. The number of benzene rings is 2. The lowest BCUT2D eigenvalue weighted by Crippen LogP contribution is -2.27. The maximum absolute atomic E-state index is 12.5. The van der Waals surface area contributed by atoms with Gasteiger partial charge in [0.15, 0.2) is 0 Å². The van der Waals surface area contributed by atoms with Crippen LogP contribution in [0.2, 0.25) is 10.0 Å². The molecule has 122 valence electrons. The van der Waals surface area contributed by atoms with Crippen molar-refractivity contribution in [1.82, 2.24) is 5.32 Å². The first-order valence-corrected chi connectivity index (χ1v) is 7.69. The van der Waals surface area contributed by atoms with Crippen LogP contribution in [-0.4, -0.2) is 20.1 Å². The predicted molar refractivity (Wildman–Crippen MR) is 91.9 cm³/mol. The molecule has 1 atom stereocenters. The molecule has 0 fully saturated rings. The van der Waals surface area contributed by atoms with E-state index in [-0.39, 0.29) is 11.9 Å². The van der Waals surface area contributed by atoms with Gasteiger partial charge >= 0.3 is 0 Å². The number of carbonyl (C=O) groups excluding carboxylic acids is 1. The highest BCUT2D eigenvalue weighted by Gasteiger charge is 2.17. The second-order valence-electron chi connectivity index (χ2n) is 4.93. The van der Waals surface area contributed by atoms with E-state index in [9.17, 15) is 4.79 Å². The predicted octanol–water partition coefficient (Wildman–Crippen LogP) is 4.50. The monoisotopic (exact) mass is 353 g/mol. The Morgan fingerprint density at radius 2 is 1.78 bits per heavy atom. The normalized spacial score (nSPS) is 11.7. The molecule has 0 aliphatic carbocycles. The van der Waals surface area contributed by atoms with Crippen molar-refractivity contribution in [3.05, 3.63) is 57.6 Å². The van der Waals surface area contributed by atoms with Crippen LogP contribution in [0.15, 0.2) is 36.4 Å². The summed E-state index contributed by atoms with van der Waals surface area (Å²) in [5, 5.41) is 3.83. The molecule has 1 N–H and O–H groups in total. The van der Waals surface area contributed by atoms with E-state index < -0.39 is 0 Å². The van der Waals surface area contributed by atoms with E-state index in [2.05, 4.69) is 5.32 Å². The van der Waals surface area contributed by atoms with Gasteiger partial charge in [-0.3, -0.25) is 4.79 Å². The largest absolute Gasteiger partial charge is 0.497 e. The Balaban J connectivity index is 2.22. The average molecular weight is 354 g/mol. The number of nitrogens with one attached hydrogen (secondary N) is 1. The third-order valence-electron chi connectivity index (χ3n) is 3.44. The van der Waals surface area contributed by atoms with Gasteiger partial charge in [0.25, 0.3) is 5.91 Å². The standard InChI is InChI=1S/C17H17Cl2NO3/c1-10(11-4-6-14(18)15(19)8-11)20-17(21)13-9-12(22-2)5-7-16(13)23-3/h4-10H,1-3H3,(H,20,21). The van der Waals surface area contributed by atoms with E-state index >= 15 is 0 Å². The highest BCUT2D eigenvalue weighted by molar-refractivity contribution is 6.42. The minimum absolute atomic E-state index is 0.242. The van der Waals surface area contributed by atoms with Crippen LogP contribution >= 0.6 is 23.2 Å². The molecule has 1 amide bonds. The molecule has 0 bridgehead atoms. The van der Waals surface area contributed by atoms with Gasteiger partial charge in [0.1, 0.15) is 11.5 Å². The van der Waals surface area contributed by atoms with Crippen molar-refractivity contribution in [2.24, 2.45) is 0 Å². The molecule has 0 saturated carbocycles. The van der Waals surface area contributed by atoms with Crippen molar-refractivity contribution in [1.29, 1.82) is 0 Å². The number of ether oxygens (including phenoxy) is 2. The van der Waals surface area contributed by atoms with Crippen LogP contribution in [0.1, 0.15) is 28.9 Å². The minimum Gasteiger partial charge on any atom is -0.497 e. The number of methoxy groups -OCH3 is 2. The highest BCUT2D eigenvalue weighted by Crippen LogP contribution is 2.27. The number of rotatable bonds is 5. The summed E-state index contributed by atoms with van der Waals surface area (Å²) >= 11 is 11.9. The Morgan fingerprint density at radius 1 is 1.04 bits per heavy atom. The van der Waals surface area contributed by atoms with Crippen LogP contribution in [-0.2, 0) is 0 Å². The zero-order valence-corrected chi connectivity index (χ0v) is 14.5. The van der Waals surface area contributed by atoms with Gasteiger partial charge in [-0.2, -0.15) is 0 Å². The van der Waals surface area contributed by atoms with Gasteiger partial charge in [-0.25, -0.2) is 0 Å². The number of carbonyl (C=O) groups is 1. The zero-order chi connectivity index (χ0) is 17.0. The summed E-state index contributed by atoms with van der Waals surface area (Å²) < 4.78 is 10.4. The summed E-state index contributed by atoms with van der Waals surface area (Å²) in [5.41, 5.74) is 1.26. The Labute approximate surface area is 145 Å². The molecule has 2 rings (SSSR count). The Morgan fingerprint density at radius 3 is 2.39 bits per heavy atom. The van der Waals surface area contributed by atoms with E-state index in [0.29, 0.717) is 27.1 Å². The molecule has 0 aliphatic heterocycles. The first-order valence-electron chi connectivity index (χ1n) is 6.94. The second kappa shape index (κ2) is 7.57. The zero-order valence-electron chi connectivity index (χ0n) is 13.0. The first-order chi connectivity index (χ1) is 11.0. The molecule has 0 radical (unpaired) electrons. The smallest absolute Gasteiger partial charge is 0.255 e. The average Bonchev–Trinajstić information content (AvgIpc) is 2.56. The third-order valence-corrected chi connectivity index (χ3v) is 4.18. The quantitative estimate of drug-likeness (QED) is 0.860. The summed E-state index contributed by atoms with van der Waals surface area (Å²) in [5.74, 6) is 0.794. The summed E-state index contributed by atoms with van der Waals surface area (Å²) in [6, 6.07) is 10.1. The van der Waals surface area contributed by atoms with Crippen molar-refractivity contribution >= 4 is 29.1 Å². The summed E-state index contributed by atoms with van der Waals surface area (Å²) in [7, 11) is 3.06. The molecular weight excluding hydrogens is 337 g/mol. The molecule has 23 heavy (non-hydrogen) atoms. The summed E-state index contributed by atoms with van der Waals surface area (Å²) in [4.78, 5) is 12.5. The van der Waals surface area contributed by atoms with Gasteiger partial charge in [-0.15, -0.1) is 0 Å². The molecular formula is C17H17Cl2NO3. The number of halogens is 2. The fourth-order valence-electron chi connectivity index (χ4n) is 2.13. The Hall–Kier alpha value is -1.91. The van der Waals surface area contributed by atoms with Crippen molar-refractivity contribution in [3.63, 3.8) is 0 Å². The van der Waals surface area contributed by atoms with Gasteiger partial charge in [0.05, 0.1) is 35.9 Å². The van der Waals surface area contributed by atoms with Crippen LogP contribution in [0.3, 0.4) is 0 Å². The number of hydrogen-bond donors (Lipinski definition) is 1. The van der Waals surface area contributed by atoms with Crippen molar-refractivity contribution < 1.29 is 14.3 Å². The molecule has 0 spiro atoms. The van der Waals surface area contributed by atoms with Crippen LogP contribution < -0.4 is 14.8 Å². The van der Waals surface area contributed by atoms with Crippen molar-refractivity contribution in [2.45, 2.75) is 13.0 Å². The lowest BCUT2D eigenvalue weighted by molar-refractivity contribution is 0.0936. The van der Waals surface area contributed by atoms with E-state index in [1.165, 1.54) is 7.11 Å². The second-order valence-corrected chi connectivity index (χ2v) is 5.75. The maximum Gasteiger partial charge on any atom is 0.255 e. The topological polar surface area (TPSA) is 47.6 Å². The lowest BCUT2D eigenvalue weighted by Gasteiger charge is -2.17. The summed E-state index contributed by atoms with van der Waals surface area (Å²) in [6.07, 6.45) is 0. The van der Waals surface area contributed by atoms with Crippen molar-refractivity contribution in [3.8, 4) is 11.5 Å². The molecule has 0 saturated heterocycles. The third kappa shape index (κ3) is 4.09. The van der Waals surface area contributed by atoms with Gasteiger partial charge in [-0.1, -0.05) is 29.3 Å². The molecule has 2 aromatic carbocycles. The minimum atomic E-state index is -0.265. The van der Waals surface area contributed by atoms with Gasteiger partial charge in [-0.05, 0) is 42.8 Å². The van der Waals surface area contributed by atoms with Crippen LogP contribution in [0.25, 0.3) is 0 Å².